The minimum atomic E-state index is -0.142. The van der Waals surface area contributed by atoms with Crippen molar-refractivity contribution in [3.8, 4) is 0 Å². The average Bonchev–Trinajstić information content (AvgIpc) is 2.18. The lowest BCUT2D eigenvalue weighted by Gasteiger charge is -2.44. The molecule has 0 aromatic rings. The van der Waals surface area contributed by atoms with E-state index in [0.29, 0.717) is 13.0 Å². The number of rotatable bonds is 3. The molecule has 1 aliphatic heterocycles. The highest BCUT2D eigenvalue weighted by Gasteiger charge is 2.36. The van der Waals surface area contributed by atoms with Gasteiger partial charge in [0.15, 0.2) is 0 Å². The molecule has 0 N–H and O–H groups in total. The third kappa shape index (κ3) is 3.20. The van der Waals surface area contributed by atoms with Crippen molar-refractivity contribution in [2.45, 2.75) is 58.6 Å². The molecule has 3 heteroatoms. The van der Waals surface area contributed by atoms with Crippen molar-refractivity contribution >= 4 is 5.91 Å². The molecule has 0 saturated carbocycles. The van der Waals surface area contributed by atoms with Crippen LogP contribution in [-0.4, -0.2) is 35.6 Å². The Kier molecular flexibility index (Phi) is 4.14. The second-order valence-electron chi connectivity index (χ2n) is 5.04. The predicted octanol–water partition coefficient (Wildman–Crippen LogP) is 2.20. The van der Waals surface area contributed by atoms with Gasteiger partial charge in [0.05, 0.1) is 18.2 Å². The number of ether oxygens (including phenoxy) is 1. The summed E-state index contributed by atoms with van der Waals surface area (Å²) in [6.45, 7) is 9.66. The van der Waals surface area contributed by atoms with Crippen LogP contribution in [0.3, 0.4) is 0 Å². The zero-order valence-corrected chi connectivity index (χ0v) is 10.4. The Labute approximate surface area is 92.8 Å². The second-order valence-corrected chi connectivity index (χ2v) is 5.04. The number of hydrogen-bond acceptors (Lipinski definition) is 2. The molecule has 0 radical (unpaired) electrons. The van der Waals surface area contributed by atoms with Crippen LogP contribution in [0.15, 0.2) is 0 Å². The van der Waals surface area contributed by atoms with Crippen LogP contribution in [0.25, 0.3) is 0 Å². The first kappa shape index (κ1) is 12.5. The molecule has 0 spiro atoms. The highest BCUT2D eigenvalue weighted by atomic mass is 16.5. The molecule has 1 atom stereocenters. The van der Waals surface area contributed by atoms with Crippen molar-refractivity contribution in [1.82, 2.24) is 4.90 Å². The predicted molar refractivity (Wildman–Crippen MR) is 60.7 cm³/mol. The van der Waals surface area contributed by atoms with Crippen LogP contribution in [0.2, 0.25) is 0 Å². The molecule has 15 heavy (non-hydrogen) atoms. The summed E-state index contributed by atoms with van der Waals surface area (Å²) in [7, 11) is 0. The van der Waals surface area contributed by atoms with E-state index in [9.17, 15) is 4.79 Å². The van der Waals surface area contributed by atoms with Gasteiger partial charge in [-0.15, -0.1) is 0 Å². The quantitative estimate of drug-likeness (QED) is 0.719. The molecule has 1 amide bonds. The lowest BCUT2D eigenvalue weighted by Crippen LogP contribution is -2.57. The number of carbonyl (C=O) groups is 1. The first-order valence-electron chi connectivity index (χ1n) is 5.89. The van der Waals surface area contributed by atoms with Crippen molar-refractivity contribution in [3.63, 3.8) is 0 Å². The molecule has 0 aliphatic carbocycles. The minimum absolute atomic E-state index is 0.142. The Morgan fingerprint density at radius 1 is 1.53 bits per heavy atom. The normalized spacial score (nSPS) is 25.3. The van der Waals surface area contributed by atoms with Gasteiger partial charge in [-0.05, 0) is 27.2 Å². The number of unbranched alkanes of at least 4 members (excludes halogenated alkanes) is 1. The SMILES string of the molecule is CCCCC(=O)N1C[C@@H](C)OCC1(C)C. The van der Waals surface area contributed by atoms with E-state index in [0.717, 1.165) is 19.4 Å². The van der Waals surface area contributed by atoms with E-state index in [-0.39, 0.29) is 17.6 Å². The van der Waals surface area contributed by atoms with E-state index < -0.39 is 0 Å². The highest BCUT2D eigenvalue weighted by molar-refractivity contribution is 5.77. The van der Waals surface area contributed by atoms with Crippen molar-refractivity contribution in [2.75, 3.05) is 13.2 Å². The second kappa shape index (κ2) is 4.97. The molecule has 1 saturated heterocycles. The standard InChI is InChI=1S/C12H23NO2/c1-5-6-7-11(14)13-8-10(2)15-9-12(13,3)4/h10H,5-9H2,1-4H3/t10-/m1/s1. The molecular weight excluding hydrogens is 190 g/mol. The fourth-order valence-corrected chi connectivity index (χ4v) is 1.88. The number of amides is 1. The van der Waals surface area contributed by atoms with Gasteiger partial charge in [-0.2, -0.15) is 0 Å². The van der Waals surface area contributed by atoms with E-state index >= 15 is 0 Å². The Bertz CT molecular complexity index is 226. The molecule has 1 fully saturated rings. The van der Waals surface area contributed by atoms with E-state index in [2.05, 4.69) is 20.8 Å². The summed E-state index contributed by atoms with van der Waals surface area (Å²) in [5, 5.41) is 0. The van der Waals surface area contributed by atoms with Gasteiger partial charge in [0, 0.05) is 13.0 Å². The maximum absolute atomic E-state index is 12.0. The first-order valence-corrected chi connectivity index (χ1v) is 5.89. The molecule has 0 bridgehead atoms. The summed E-state index contributed by atoms with van der Waals surface area (Å²) >= 11 is 0. The molecule has 0 aromatic carbocycles. The summed E-state index contributed by atoms with van der Waals surface area (Å²) < 4.78 is 5.58. The Morgan fingerprint density at radius 2 is 2.20 bits per heavy atom. The number of nitrogens with zero attached hydrogens (tertiary/aromatic N) is 1. The lowest BCUT2D eigenvalue weighted by atomic mass is 10.00. The fraction of sp³-hybridized carbons (Fsp3) is 0.917. The zero-order chi connectivity index (χ0) is 11.5. The number of carbonyl (C=O) groups excluding carboxylic acids is 1. The van der Waals surface area contributed by atoms with Crippen LogP contribution in [0, 0.1) is 0 Å². The Hall–Kier alpha value is -0.570. The molecule has 88 valence electrons. The van der Waals surface area contributed by atoms with Crippen molar-refractivity contribution in [3.05, 3.63) is 0 Å². The van der Waals surface area contributed by atoms with Crippen LogP contribution in [0.4, 0.5) is 0 Å². The smallest absolute Gasteiger partial charge is 0.223 e. The van der Waals surface area contributed by atoms with E-state index in [4.69, 9.17) is 4.74 Å². The Morgan fingerprint density at radius 3 is 2.80 bits per heavy atom. The summed E-state index contributed by atoms with van der Waals surface area (Å²) in [4.78, 5) is 14.0. The zero-order valence-electron chi connectivity index (χ0n) is 10.4. The van der Waals surface area contributed by atoms with Gasteiger partial charge >= 0.3 is 0 Å². The minimum Gasteiger partial charge on any atom is -0.374 e. The Balaban J connectivity index is 2.59. The van der Waals surface area contributed by atoms with Crippen LogP contribution < -0.4 is 0 Å². The molecule has 1 rings (SSSR count). The van der Waals surface area contributed by atoms with Crippen LogP contribution in [0.1, 0.15) is 47.0 Å². The molecule has 0 unspecified atom stereocenters. The van der Waals surface area contributed by atoms with Gasteiger partial charge in [-0.25, -0.2) is 0 Å². The molecule has 0 aromatic heterocycles. The summed E-state index contributed by atoms with van der Waals surface area (Å²) in [6.07, 6.45) is 2.91. The third-order valence-corrected chi connectivity index (χ3v) is 2.94. The number of hydrogen-bond donors (Lipinski definition) is 0. The van der Waals surface area contributed by atoms with Crippen molar-refractivity contribution in [1.29, 1.82) is 0 Å². The van der Waals surface area contributed by atoms with Gasteiger partial charge in [-0.3, -0.25) is 4.79 Å². The average molecular weight is 213 g/mol. The monoisotopic (exact) mass is 213 g/mol. The maximum atomic E-state index is 12.0. The topological polar surface area (TPSA) is 29.5 Å². The lowest BCUT2D eigenvalue weighted by molar-refractivity contribution is -0.152. The van der Waals surface area contributed by atoms with Gasteiger partial charge in [0.1, 0.15) is 0 Å². The fourth-order valence-electron chi connectivity index (χ4n) is 1.88. The van der Waals surface area contributed by atoms with Gasteiger partial charge in [0.25, 0.3) is 0 Å². The van der Waals surface area contributed by atoms with Crippen LogP contribution >= 0.6 is 0 Å². The largest absolute Gasteiger partial charge is 0.374 e. The maximum Gasteiger partial charge on any atom is 0.223 e. The first-order chi connectivity index (χ1) is 6.97. The van der Waals surface area contributed by atoms with Crippen molar-refractivity contribution in [2.24, 2.45) is 0 Å². The summed E-state index contributed by atoms with van der Waals surface area (Å²) in [5.41, 5.74) is -0.142. The molecular formula is C12H23NO2. The van der Waals surface area contributed by atoms with E-state index in [1.165, 1.54) is 0 Å². The van der Waals surface area contributed by atoms with E-state index in [1.807, 2.05) is 11.8 Å². The molecule has 3 nitrogen and oxygen atoms in total. The molecule has 1 aliphatic rings. The number of morpholine rings is 1. The van der Waals surface area contributed by atoms with Crippen LogP contribution in [-0.2, 0) is 9.53 Å². The van der Waals surface area contributed by atoms with Crippen LogP contribution in [0.5, 0.6) is 0 Å². The van der Waals surface area contributed by atoms with Gasteiger partial charge < -0.3 is 9.64 Å². The van der Waals surface area contributed by atoms with Crippen molar-refractivity contribution < 1.29 is 9.53 Å². The highest BCUT2D eigenvalue weighted by Crippen LogP contribution is 2.23. The van der Waals surface area contributed by atoms with E-state index in [1.54, 1.807) is 0 Å². The molecule has 1 heterocycles. The summed E-state index contributed by atoms with van der Waals surface area (Å²) in [6, 6.07) is 0. The van der Waals surface area contributed by atoms with Gasteiger partial charge in [-0.1, -0.05) is 13.3 Å². The summed E-state index contributed by atoms with van der Waals surface area (Å²) in [5.74, 6) is 0.275. The van der Waals surface area contributed by atoms with Gasteiger partial charge in [0.2, 0.25) is 5.91 Å². The third-order valence-electron chi connectivity index (χ3n) is 2.94.